The molecular weight excluding hydrogens is 406 g/mol. The van der Waals surface area contributed by atoms with E-state index in [-0.39, 0.29) is 29.7 Å². The lowest BCUT2D eigenvalue weighted by Crippen LogP contribution is -2.33. The van der Waals surface area contributed by atoms with E-state index in [2.05, 4.69) is 32.3 Å². The van der Waals surface area contributed by atoms with Gasteiger partial charge in [0.15, 0.2) is 0 Å². The molecule has 3 aromatic rings. The first-order valence-electron chi connectivity index (χ1n) is 9.04. The van der Waals surface area contributed by atoms with Crippen molar-refractivity contribution in [3.8, 4) is 0 Å². The minimum atomic E-state index is -0.429. The Morgan fingerprint density at radius 2 is 1.85 bits per heavy atom. The molecular formula is C21H16BrN3O2. The molecule has 0 saturated carbocycles. The molecule has 4 atom stereocenters. The number of para-hydroxylation sites is 1. The lowest BCUT2D eigenvalue weighted by atomic mass is 9.68. The van der Waals surface area contributed by atoms with E-state index in [9.17, 15) is 9.59 Å². The zero-order valence-corrected chi connectivity index (χ0v) is 16.1. The molecule has 0 radical (unpaired) electrons. The molecule has 134 valence electrons. The predicted octanol–water partition coefficient (Wildman–Crippen LogP) is 3.89. The first-order valence-corrected chi connectivity index (χ1v) is 9.83. The molecule has 0 bridgehead atoms. The van der Waals surface area contributed by atoms with Gasteiger partial charge in [-0.05, 0) is 35.4 Å². The van der Waals surface area contributed by atoms with Crippen LogP contribution >= 0.6 is 15.9 Å². The number of hydrogen-bond donors (Lipinski definition) is 2. The third-order valence-electron chi connectivity index (χ3n) is 6.40. The third kappa shape index (κ3) is 1.79. The maximum atomic E-state index is 13.1. The van der Waals surface area contributed by atoms with Crippen LogP contribution in [0.25, 0.3) is 10.9 Å². The highest BCUT2D eigenvalue weighted by Gasteiger charge is 2.59. The van der Waals surface area contributed by atoms with Crippen LogP contribution in [0.2, 0.25) is 0 Å². The van der Waals surface area contributed by atoms with Gasteiger partial charge in [0, 0.05) is 39.7 Å². The van der Waals surface area contributed by atoms with Crippen LogP contribution in [0.3, 0.4) is 0 Å². The summed E-state index contributed by atoms with van der Waals surface area (Å²) in [5.74, 6) is -1.04. The van der Waals surface area contributed by atoms with Gasteiger partial charge in [0.1, 0.15) is 0 Å². The minimum Gasteiger partial charge on any atom is -0.376 e. The Labute approximate surface area is 163 Å². The fourth-order valence-corrected chi connectivity index (χ4v) is 5.67. The van der Waals surface area contributed by atoms with E-state index < -0.39 is 5.92 Å². The zero-order valence-electron chi connectivity index (χ0n) is 14.5. The summed E-state index contributed by atoms with van der Waals surface area (Å²) in [6, 6.07) is 14.1. The Morgan fingerprint density at radius 1 is 1.04 bits per heavy atom. The van der Waals surface area contributed by atoms with Crippen LogP contribution in [0.5, 0.6) is 0 Å². The molecule has 2 N–H and O–H groups in total. The van der Waals surface area contributed by atoms with Crippen molar-refractivity contribution < 1.29 is 9.59 Å². The van der Waals surface area contributed by atoms with Crippen molar-refractivity contribution in [1.29, 1.82) is 0 Å². The Morgan fingerprint density at radius 3 is 2.70 bits per heavy atom. The normalized spacial score (nSPS) is 28.0. The van der Waals surface area contributed by atoms with E-state index in [1.807, 2.05) is 36.4 Å². The van der Waals surface area contributed by atoms with E-state index in [1.165, 1.54) is 4.90 Å². The molecule has 4 unspecified atom stereocenters. The molecule has 3 heterocycles. The van der Waals surface area contributed by atoms with Crippen LogP contribution in [-0.4, -0.2) is 28.7 Å². The van der Waals surface area contributed by atoms with E-state index in [1.54, 1.807) is 7.05 Å². The molecule has 2 amide bonds. The fourth-order valence-electron chi connectivity index (χ4n) is 5.30. The number of imide groups is 1. The van der Waals surface area contributed by atoms with Crippen LogP contribution < -0.4 is 5.32 Å². The highest BCUT2D eigenvalue weighted by molar-refractivity contribution is 9.10. The largest absolute Gasteiger partial charge is 0.376 e. The number of hydrogen-bond acceptors (Lipinski definition) is 3. The van der Waals surface area contributed by atoms with Crippen molar-refractivity contribution >= 4 is 44.3 Å². The predicted molar refractivity (Wildman–Crippen MR) is 106 cm³/mol. The van der Waals surface area contributed by atoms with Gasteiger partial charge < -0.3 is 10.3 Å². The summed E-state index contributed by atoms with van der Waals surface area (Å²) in [6.07, 6.45) is 0. The maximum absolute atomic E-state index is 13.1. The standard InChI is InChI=1S/C21H16BrN3O2/c1-25-20(26)16-14-10-4-2-3-5-12(10)23-18(14)19-15(17(16)21(25)27)11-8-9(22)6-7-13(11)24-19/h2-8,15-17,19,23-24H,1H3. The lowest BCUT2D eigenvalue weighted by Gasteiger charge is -2.33. The Hall–Kier alpha value is -2.60. The van der Waals surface area contributed by atoms with Gasteiger partial charge in [-0.2, -0.15) is 0 Å². The molecule has 5 nitrogen and oxygen atoms in total. The number of likely N-dealkylation sites (N-methyl/N-ethyl adjacent to an activating group) is 1. The fraction of sp³-hybridized carbons (Fsp3) is 0.238. The van der Waals surface area contributed by atoms with E-state index >= 15 is 0 Å². The second-order valence-electron chi connectivity index (χ2n) is 7.62. The highest BCUT2D eigenvalue weighted by atomic mass is 79.9. The van der Waals surface area contributed by atoms with E-state index in [0.717, 1.165) is 37.9 Å². The molecule has 3 aliphatic rings. The van der Waals surface area contributed by atoms with Crippen molar-refractivity contribution in [3.63, 3.8) is 0 Å². The molecule has 27 heavy (non-hydrogen) atoms. The average molecular weight is 422 g/mol. The number of amides is 2. The van der Waals surface area contributed by atoms with E-state index in [4.69, 9.17) is 0 Å². The molecule has 0 spiro atoms. The number of rotatable bonds is 0. The molecule has 6 rings (SSSR count). The van der Waals surface area contributed by atoms with Crippen molar-refractivity contribution in [1.82, 2.24) is 9.88 Å². The molecule has 2 aliphatic heterocycles. The van der Waals surface area contributed by atoms with Crippen molar-refractivity contribution in [2.45, 2.75) is 17.9 Å². The topological polar surface area (TPSA) is 65.2 Å². The van der Waals surface area contributed by atoms with Crippen LogP contribution in [-0.2, 0) is 9.59 Å². The summed E-state index contributed by atoms with van der Waals surface area (Å²) in [6.45, 7) is 0. The van der Waals surface area contributed by atoms with Crippen molar-refractivity contribution in [3.05, 3.63) is 63.8 Å². The number of halogens is 1. The molecule has 1 saturated heterocycles. The minimum absolute atomic E-state index is 0.0406. The van der Waals surface area contributed by atoms with Gasteiger partial charge in [-0.25, -0.2) is 0 Å². The summed E-state index contributed by atoms with van der Waals surface area (Å²) < 4.78 is 0.979. The lowest BCUT2D eigenvalue weighted by molar-refractivity contribution is -0.138. The number of nitrogens with one attached hydrogen (secondary N) is 2. The summed E-state index contributed by atoms with van der Waals surface area (Å²) in [7, 11) is 1.61. The van der Waals surface area contributed by atoms with Crippen LogP contribution in [0.4, 0.5) is 5.69 Å². The number of benzene rings is 2. The molecule has 1 fully saturated rings. The monoisotopic (exact) mass is 421 g/mol. The molecule has 6 heteroatoms. The number of carbonyl (C=O) groups excluding carboxylic acids is 2. The average Bonchev–Trinajstić information content (AvgIpc) is 3.29. The summed E-state index contributed by atoms with van der Waals surface area (Å²) in [4.78, 5) is 31.1. The number of nitrogens with zero attached hydrogens (tertiary/aromatic N) is 1. The van der Waals surface area contributed by atoms with E-state index in [0.29, 0.717) is 0 Å². The first-order chi connectivity index (χ1) is 13.1. The molecule has 1 aromatic heterocycles. The number of likely N-dealkylation sites (tertiary alicyclic amines) is 1. The molecule has 1 aliphatic carbocycles. The van der Waals surface area contributed by atoms with Gasteiger partial charge >= 0.3 is 0 Å². The number of H-pyrrole nitrogens is 1. The zero-order chi connectivity index (χ0) is 18.4. The van der Waals surface area contributed by atoms with Crippen LogP contribution in [0.15, 0.2) is 46.9 Å². The van der Waals surface area contributed by atoms with Gasteiger partial charge in [-0.1, -0.05) is 34.1 Å². The second kappa shape index (κ2) is 5.01. The van der Waals surface area contributed by atoms with Crippen molar-refractivity contribution in [2.24, 2.45) is 5.92 Å². The Kier molecular flexibility index (Phi) is 2.87. The highest BCUT2D eigenvalue weighted by Crippen LogP contribution is 2.60. The molecule has 2 aromatic carbocycles. The number of aromatic amines is 1. The van der Waals surface area contributed by atoms with Crippen LogP contribution in [0.1, 0.15) is 34.7 Å². The van der Waals surface area contributed by atoms with Gasteiger partial charge in [0.2, 0.25) is 11.8 Å². The van der Waals surface area contributed by atoms with Gasteiger partial charge in [0.05, 0.1) is 17.9 Å². The summed E-state index contributed by atoms with van der Waals surface area (Å²) in [5, 5.41) is 4.65. The SMILES string of the molecule is CN1C(=O)C2c3c([nH]c4ccccc34)C3Nc4ccc(Br)cc4C3C2C1=O. The van der Waals surface area contributed by atoms with Crippen LogP contribution in [0, 0.1) is 5.92 Å². The maximum Gasteiger partial charge on any atom is 0.237 e. The first kappa shape index (κ1) is 15.5. The van der Waals surface area contributed by atoms with Crippen molar-refractivity contribution in [2.75, 3.05) is 12.4 Å². The van der Waals surface area contributed by atoms with Gasteiger partial charge in [0.25, 0.3) is 0 Å². The summed E-state index contributed by atoms with van der Waals surface area (Å²) in [5.41, 5.74) is 5.17. The van der Waals surface area contributed by atoms with Gasteiger partial charge in [-0.15, -0.1) is 0 Å². The quantitative estimate of drug-likeness (QED) is 0.541. The number of fused-ring (bicyclic) bond motifs is 10. The third-order valence-corrected chi connectivity index (χ3v) is 6.89. The smallest absolute Gasteiger partial charge is 0.237 e. The number of carbonyl (C=O) groups is 2. The Balaban J connectivity index is 1.68. The number of aromatic nitrogens is 1. The summed E-state index contributed by atoms with van der Waals surface area (Å²) >= 11 is 3.55. The number of anilines is 1. The Bertz CT molecular complexity index is 1170. The second-order valence-corrected chi connectivity index (χ2v) is 8.53. The van der Waals surface area contributed by atoms with Gasteiger partial charge in [-0.3, -0.25) is 14.5 Å².